The minimum atomic E-state index is -0.475. The highest BCUT2D eigenvalue weighted by Gasteiger charge is 2.30. The molecule has 3 heteroatoms. The van der Waals surface area contributed by atoms with E-state index < -0.39 is 6.10 Å². The first-order valence-corrected chi connectivity index (χ1v) is 12.1. The molecule has 1 heterocycles. The van der Waals surface area contributed by atoms with E-state index in [1.165, 1.54) is 32.2 Å². The van der Waals surface area contributed by atoms with Crippen LogP contribution in [0, 0.1) is 11.8 Å². The predicted octanol–water partition coefficient (Wildman–Crippen LogP) is 6.56. The molecule has 0 radical (unpaired) electrons. The van der Waals surface area contributed by atoms with E-state index in [0.717, 1.165) is 42.1 Å². The molecule has 1 saturated heterocycles. The van der Waals surface area contributed by atoms with Crippen LogP contribution in [0.15, 0.2) is 12.1 Å². The summed E-state index contributed by atoms with van der Waals surface area (Å²) in [5, 5.41) is 22.1. The third-order valence-corrected chi connectivity index (χ3v) is 7.07. The summed E-state index contributed by atoms with van der Waals surface area (Å²) < 4.78 is 0. The summed E-state index contributed by atoms with van der Waals surface area (Å²) in [6, 6.07) is 4.07. The summed E-state index contributed by atoms with van der Waals surface area (Å²) in [7, 11) is 0. The number of likely N-dealkylation sites (tertiary alicyclic amines) is 1. The molecule has 0 spiro atoms. The van der Waals surface area contributed by atoms with Crippen LogP contribution in [0.2, 0.25) is 0 Å². The standard InChI is InChI=1S/C27H47NO2/c1-9-19(10-2)11-13-28-14-12-20(18-28)15-24(29)21-16-22(26(3,4)5)25(30)23(17-21)27(6,7)8/h16-17,19-20,24,29-30H,9-15,18H2,1-8H3. The fraction of sp³-hybridized carbons (Fsp3) is 0.778. The lowest BCUT2D eigenvalue weighted by Crippen LogP contribution is -2.24. The van der Waals surface area contributed by atoms with Crippen molar-refractivity contribution in [2.75, 3.05) is 19.6 Å². The highest BCUT2D eigenvalue weighted by Crippen LogP contribution is 2.41. The maximum atomic E-state index is 11.1. The van der Waals surface area contributed by atoms with Crippen LogP contribution >= 0.6 is 0 Å². The normalized spacial score (nSPS) is 19.6. The zero-order valence-corrected chi connectivity index (χ0v) is 20.9. The first-order valence-electron chi connectivity index (χ1n) is 12.1. The molecule has 3 nitrogen and oxygen atoms in total. The van der Waals surface area contributed by atoms with E-state index in [1.54, 1.807) is 0 Å². The molecule has 0 bridgehead atoms. The van der Waals surface area contributed by atoms with Crippen LogP contribution in [0.4, 0.5) is 0 Å². The molecule has 30 heavy (non-hydrogen) atoms. The number of hydrogen-bond acceptors (Lipinski definition) is 3. The molecule has 1 aromatic rings. The summed E-state index contributed by atoms with van der Waals surface area (Å²) in [5.74, 6) is 1.78. The molecular weight excluding hydrogens is 370 g/mol. The third kappa shape index (κ3) is 6.47. The van der Waals surface area contributed by atoms with Crippen LogP contribution in [0.25, 0.3) is 0 Å². The van der Waals surface area contributed by atoms with Gasteiger partial charge in [0.05, 0.1) is 6.10 Å². The topological polar surface area (TPSA) is 43.7 Å². The number of phenols is 1. The Kier molecular flexibility index (Phi) is 8.43. The number of rotatable bonds is 8. The Morgan fingerprint density at radius 1 is 1.00 bits per heavy atom. The van der Waals surface area contributed by atoms with E-state index in [0.29, 0.717) is 11.7 Å². The van der Waals surface area contributed by atoms with Crippen LogP contribution in [0.5, 0.6) is 5.75 Å². The average Bonchev–Trinajstić information content (AvgIpc) is 3.08. The SMILES string of the molecule is CCC(CC)CCN1CCC(CC(O)c2cc(C(C)(C)C)c(O)c(C(C)(C)C)c2)C1. The first-order chi connectivity index (χ1) is 13.9. The molecule has 1 fully saturated rings. The van der Waals surface area contributed by atoms with Gasteiger partial charge in [-0.1, -0.05) is 68.2 Å². The molecule has 0 amide bonds. The zero-order valence-electron chi connectivity index (χ0n) is 20.9. The second-order valence-electron chi connectivity index (χ2n) is 11.6. The summed E-state index contributed by atoms with van der Waals surface area (Å²) in [4.78, 5) is 2.59. The van der Waals surface area contributed by atoms with Crippen molar-refractivity contribution in [2.24, 2.45) is 11.8 Å². The van der Waals surface area contributed by atoms with Crippen molar-refractivity contribution >= 4 is 0 Å². The smallest absolute Gasteiger partial charge is 0.123 e. The maximum Gasteiger partial charge on any atom is 0.123 e. The molecule has 1 aliphatic heterocycles. The largest absolute Gasteiger partial charge is 0.507 e. The Labute approximate surface area is 185 Å². The fourth-order valence-corrected chi connectivity index (χ4v) is 4.81. The maximum absolute atomic E-state index is 11.1. The molecule has 2 N–H and O–H groups in total. The van der Waals surface area contributed by atoms with Gasteiger partial charge in [-0.25, -0.2) is 0 Å². The van der Waals surface area contributed by atoms with Gasteiger partial charge in [0.1, 0.15) is 5.75 Å². The Bertz CT molecular complexity index is 644. The lowest BCUT2D eigenvalue weighted by atomic mass is 9.77. The minimum absolute atomic E-state index is 0.168. The van der Waals surface area contributed by atoms with Crippen LogP contribution in [0.1, 0.15) is 110 Å². The Hall–Kier alpha value is -1.06. The van der Waals surface area contributed by atoms with E-state index in [2.05, 4.69) is 60.3 Å². The molecule has 0 aliphatic carbocycles. The van der Waals surface area contributed by atoms with E-state index in [4.69, 9.17) is 0 Å². The van der Waals surface area contributed by atoms with Gasteiger partial charge in [-0.3, -0.25) is 0 Å². The number of aromatic hydroxyl groups is 1. The minimum Gasteiger partial charge on any atom is -0.507 e. The lowest BCUT2D eigenvalue weighted by Gasteiger charge is -2.29. The van der Waals surface area contributed by atoms with Crippen molar-refractivity contribution < 1.29 is 10.2 Å². The first kappa shape index (κ1) is 25.2. The summed E-state index contributed by atoms with van der Waals surface area (Å²) in [6.45, 7) is 20.8. The Balaban J connectivity index is 2.11. The number of nitrogens with zero attached hydrogens (tertiary/aromatic N) is 1. The number of benzene rings is 1. The molecule has 1 aliphatic rings. The number of aliphatic hydroxyl groups is 1. The van der Waals surface area contributed by atoms with E-state index in [9.17, 15) is 10.2 Å². The lowest BCUT2D eigenvalue weighted by molar-refractivity contribution is 0.143. The van der Waals surface area contributed by atoms with Crippen LogP contribution in [-0.2, 0) is 10.8 Å². The third-order valence-electron chi connectivity index (χ3n) is 7.07. The van der Waals surface area contributed by atoms with Gasteiger partial charge in [0, 0.05) is 6.54 Å². The van der Waals surface area contributed by atoms with Crippen LogP contribution < -0.4 is 0 Å². The summed E-state index contributed by atoms with van der Waals surface area (Å²) in [5.41, 5.74) is 2.49. The second kappa shape index (κ2) is 10.0. The van der Waals surface area contributed by atoms with Crippen molar-refractivity contribution in [3.8, 4) is 5.75 Å². The van der Waals surface area contributed by atoms with Gasteiger partial charge in [0.15, 0.2) is 0 Å². The highest BCUT2D eigenvalue weighted by molar-refractivity contribution is 5.50. The van der Waals surface area contributed by atoms with Gasteiger partial charge in [-0.15, -0.1) is 0 Å². The van der Waals surface area contributed by atoms with E-state index in [-0.39, 0.29) is 10.8 Å². The molecular formula is C27H47NO2. The quantitative estimate of drug-likeness (QED) is 0.503. The molecule has 2 unspecified atom stereocenters. The van der Waals surface area contributed by atoms with Crippen molar-refractivity contribution in [1.29, 1.82) is 0 Å². The number of hydrogen-bond donors (Lipinski definition) is 2. The average molecular weight is 418 g/mol. The predicted molar refractivity (Wildman–Crippen MR) is 128 cm³/mol. The Morgan fingerprint density at radius 2 is 1.53 bits per heavy atom. The van der Waals surface area contributed by atoms with Crippen molar-refractivity contribution in [2.45, 2.75) is 104 Å². The molecule has 0 saturated carbocycles. The molecule has 0 aromatic heterocycles. The monoisotopic (exact) mass is 417 g/mol. The van der Waals surface area contributed by atoms with Gasteiger partial charge >= 0.3 is 0 Å². The van der Waals surface area contributed by atoms with Gasteiger partial charge in [-0.2, -0.15) is 0 Å². The fourth-order valence-electron chi connectivity index (χ4n) is 4.81. The molecule has 2 rings (SSSR count). The number of phenolic OH excluding ortho intramolecular Hbond substituents is 1. The highest BCUT2D eigenvalue weighted by atomic mass is 16.3. The van der Waals surface area contributed by atoms with E-state index in [1.807, 2.05) is 12.1 Å². The molecule has 172 valence electrons. The zero-order chi connectivity index (χ0) is 22.7. The number of aliphatic hydroxyl groups excluding tert-OH is 1. The van der Waals surface area contributed by atoms with Crippen molar-refractivity contribution in [3.05, 3.63) is 28.8 Å². The second-order valence-corrected chi connectivity index (χ2v) is 11.6. The Morgan fingerprint density at radius 3 is 2.00 bits per heavy atom. The van der Waals surface area contributed by atoms with Crippen molar-refractivity contribution in [1.82, 2.24) is 4.90 Å². The molecule has 2 atom stereocenters. The summed E-state index contributed by atoms with van der Waals surface area (Å²) in [6.07, 6.45) is 5.36. The molecule has 1 aromatic carbocycles. The van der Waals surface area contributed by atoms with Gasteiger partial charge in [0.2, 0.25) is 0 Å². The van der Waals surface area contributed by atoms with Crippen LogP contribution in [0.3, 0.4) is 0 Å². The van der Waals surface area contributed by atoms with E-state index >= 15 is 0 Å². The van der Waals surface area contributed by atoms with Crippen molar-refractivity contribution in [3.63, 3.8) is 0 Å². The summed E-state index contributed by atoms with van der Waals surface area (Å²) >= 11 is 0. The van der Waals surface area contributed by atoms with Gasteiger partial charge < -0.3 is 15.1 Å². The van der Waals surface area contributed by atoms with Crippen LogP contribution in [-0.4, -0.2) is 34.7 Å². The van der Waals surface area contributed by atoms with Gasteiger partial charge in [-0.05, 0) is 83.8 Å². The van der Waals surface area contributed by atoms with Gasteiger partial charge in [0.25, 0.3) is 0 Å².